The lowest BCUT2D eigenvalue weighted by atomic mass is 9.86. The highest BCUT2D eigenvalue weighted by Gasteiger charge is 2.33. The third-order valence-electron chi connectivity index (χ3n) is 5.44. The first-order chi connectivity index (χ1) is 11.5. The number of urea groups is 1. The molecule has 1 aromatic carbocycles. The first kappa shape index (κ1) is 16.8. The van der Waals surface area contributed by atoms with Crippen LogP contribution < -0.4 is 10.6 Å². The first-order valence-electron chi connectivity index (χ1n) is 8.79. The minimum atomic E-state index is -0.716. The zero-order valence-corrected chi connectivity index (χ0v) is 14.2. The highest BCUT2D eigenvalue weighted by atomic mass is 16.4. The molecule has 0 heterocycles. The number of aliphatic carboxylic acids is 1. The number of nitrogens with one attached hydrogen (secondary N) is 2. The van der Waals surface area contributed by atoms with Gasteiger partial charge in [-0.25, -0.2) is 4.79 Å². The maximum Gasteiger partial charge on any atom is 0.315 e. The number of benzene rings is 1. The van der Waals surface area contributed by atoms with E-state index in [0.717, 1.165) is 25.7 Å². The van der Waals surface area contributed by atoms with Gasteiger partial charge < -0.3 is 15.7 Å². The third-order valence-corrected chi connectivity index (χ3v) is 5.44. The third kappa shape index (κ3) is 3.89. The number of hydrogen-bond donors (Lipinski definition) is 3. The van der Waals surface area contributed by atoms with E-state index < -0.39 is 5.97 Å². The molecule has 5 nitrogen and oxygen atoms in total. The van der Waals surface area contributed by atoms with Crippen LogP contribution >= 0.6 is 0 Å². The molecule has 0 spiro atoms. The lowest BCUT2D eigenvalue weighted by Crippen LogP contribution is -2.47. The van der Waals surface area contributed by atoms with Crippen LogP contribution in [0.5, 0.6) is 0 Å². The summed E-state index contributed by atoms with van der Waals surface area (Å²) in [7, 11) is 0. The average molecular weight is 330 g/mol. The average Bonchev–Trinajstić information content (AvgIpc) is 2.90. The van der Waals surface area contributed by atoms with Crippen molar-refractivity contribution in [3.8, 4) is 0 Å². The van der Waals surface area contributed by atoms with Gasteiger partial charge in [-0.1, -0.05) is 31.2 Å². The summed E-state index contributed by atoms with van der Waals surface area (Å²) in [6.07, 6.45) is 4.77. The van der Waals surface area contributed by atoms with Crippen molar-refractivity contribution in [3.63, 3.8) is 0 Å². The predicted octanol–water partition coefficient (Wildman–Crippen LogP) is 2.73. The summed E-state index contributed by atoms with van der Waals surface area (Å²) in [6, 6.07) is 8.43. The molecule has 0 bridgehead atoms. The topological polar surface area (TPSA) is 78.4 Å². The number of carboxylic acids is 1. The lowest BCUT2D eigenvalue weighted by molar-refractivity contribution is -0.142. The van der Waals surface area contributed by atoms with Crippen LogP contribution in [0.15, 0.2) is 24.3 Å². The molecule has 3 rings (SSSR count). The van der Waals surface area contributed by atoms with E-state index in [-0.39, 0.29) is 23.4 Å². The molecule has 130 valence electrons. The van der Waals surface area contributed by atoms with E-state index in [0.29, 0.717) is 19.4 Å². The van der Waals surface area contributed by atoms with Crippen molar-refractivity contribution in [2.45, 2.75) is 51.5 Å². The predicted molar refractivity (Wildman–Crippen MR) is 91.9 cm³/mol. The fraction of sp³-hybridized carbons (Fsp3) is 0.579. The van der Waals surface area contributed by atoms with Gasteiger partial charge in [0.25, 0.3) is 0 Å². The molecular weight excluding hydrogens is 304 g/mol. The Balaban J connectivity index is 1.43. The van der Waals surface area contributed by atoms with Crippen LogP contribution in [0.1, 0.15) is 43.7 Å². The second kappa shape index (κ2) is 6.83. The molecule has 0 atom stereocenters. The van der Waals surface area contributed by atoms with E-state index in [4.69, 9.17) is 5.11 Å². The molecule has 1 saturated carbocycles. The van der Waals surface area contributed by atoms with Gasteiger partial charge in [-0.2, -0.15) is 0 Å². The largest absolute Gasteiger partial charge is 0.481 e. The van der Waals surface area contributed by atoms with Crippen LogP contribution in [0.4, 0.5) is 4.79 Å². The van der Waals surface area contributed by atoms with Crippen LogP contribution in [0, 0.1) is 11.3 Å². The highest BCUT2D eigenvalue weighted by molar-refractivity contribution is 5.74. The summed E-state index contributed by atoms with van der Waals surface area (Å²) in [5, 5.41) is 15.0. The van der Waals surface area contributed by atoms with Crippen molar-refractivity contribution in [2.24, 2.45) is 11.3 Å². The molecule has 0 saturated heterocycles. The summed E-state index contributed by atoms with van der Waals surface area (Å²) in [6.45, 7) is 2.86. The van der Waals surface area contributed by atoms with E-state index in [2.05, 4.69) is 41.8 Å². The number of carboxylic acid groups (broad SMARTS) is 1. The van der Waals surface area contributed by atoms with E-state index in [9.17, 15) is 9.59 Å². The molecule has 2 aliphatic rings. The van der Waals surface area contributed by atoms with E-state index >= 15 is 0 Å². The van der Waals surface area contributed by atoms with Gasteiger partial charge in [0.15, 0.2) is 0 Å². The van der Waals surface area contributed by atoms with Crippen LogP contribution in [0.2, 0.25) is 0 Å². The number of rotatable bonds is 4. The maximum atomic E-state index is 12.2. The van der Waals surface area contributed by atoms with E-state index in [1.54, 1.807) is 0 Å². The zero-order valence-electron chi connectivity index (χ0n) is 14.2. The quantitative estimate of drug-likeness (QED) is 0.794. The fourth-order valence-electron chi connectivity index (χ4n) is 4.02. The Morgan fingerprint density at radius 2 is 1.71 bits per heavy atom. The van der Waals surface area contributed by atoms with Gasteiger partial charge >= 0.3 is 12.0 Å². The second-order valence-electron chi connectivity index (χ2n) is 7.65. The number of carbonyl (C=O) groups is 2. The SMILES string of the molecule is CC1(CNC(=O)NC2CCC(C(=O)O)CC2)Cc2ccccc2C1. The summed E-state index contributed by atoms with van der Waals surface area (Å²) < 4.78 is 0. The number of carbonyl (C=O) groups excluding carboxylic acids is 1. The van der Waals surface area contributed by atoms with Gasteiger partial charge in [0.2, 0.25) is 0 Å². The van der Waals surface area contributed by atoms with Gasteiger partial charge in [-0.05, 0) is 55.1 Å². The van der Waals surface area contributed by atoms with Crippen LogP contribution in [-0.2, 0) is 17.6 Å². The molecule has 3 N–H and O–H groups in total. The van der Waals surface area contributed by atoms with Gasteiger partial charge in [0.05, 0.1) is 5.92 Å². The maximum absolute atomic E-state index is 12.2. The Morgan fingerprint density at radius 3 is 2.25 bits per heavy atom. The Morgan fingerprint density at radius 1 is 1.12 bits per heavy atom. The molecule has 2 amide bonds. The van der Waals surface area contributed by atoms with Crippen LogP contribution in [-0.4, -0.2) is 29.7 Å². The number of hydrogen-bond acceptors (Lipinski definition) is 2. The Kier molecular flexibility index (Phi) is 4.78. The van der Waals surface area contributed by atoms with Crippen molar-refractivity contribution < 1.29 is 14.7 Å². The molecule has 24 heavy (non-hydrogen) atoms. The summed E-state index contributed by atoms with van der Waals surface area (Å²) in [5.41, 5.74) is 2.84. The molecule has 0 radical (unpaired) electrons. The molecular formula is C19H26N2O3. The normalized spacial score (nSPS) is 24.9. The number of amides is 2. The molecule has 0 aliphatic heterocycles. The smallest absolute Gasteiger partial charge is 0.315 e. The molecule has 5 heteroatoms. The van der Waals surface area contributed by atoms with Gasteiger partial charge in [-0.3, -0.25) is 4.79 Å². The lowest BCUT2D eigenvalue weighted by Gasteiger charge is -2.28. The van der Waals surface area contributed by atoms with Crippen molar-refractivity contribution >= 4 is 12.0 Å². The summed E-state index contributed by atoms with van der Waals surface area (Å²) >= 11 is 0. The minimum Gasteiger partial charge on any atom is -0.481 e. The van der Waals surface area contributed by atoms with Crippen molar-refractivity contribution in [3.05, 3.63) is 35.4 Å². The van der Waals surface area contributed by atoms with Gasteiger partial charge in [-0.15, -0.1) is 0 Å². The molecule has 1 fully saturated rings. The molecule has 0 unspecified atom stereocenters. The van der Waals surface area contributed by atoms with Crippen molar-refractivity contribution in [2.75, 3.05) is 6.54 Å². The van der Waals surface area contributed by atoms with Crippen LogP contribution in [0.3, 0.4) is 0 Å². The highest BCUT2D eigenvalue weighted by Crippen LogP contribution is 2.35. The standard InChI is InChI=1S/C19H26N2O3/c1-19(10-14-4-2-3-5-15(14)11-19)12-20-18(24)21-16-8-6-13(7-9-16)17(22)23/h2-5,13,16H,6-12H2,1H3,(H,22,23)(H2,20,21,24). The van der Waals surface area contributed by atoms with Crippen LogP contribution in [0.25, 0.3) is 0 Å². The molecule has 1 aromatic rings. The van der Waals surface area contributed by atoms with E-state index in [1.165, 1.54) is 11.1 Å². The molecule has 2 aliphatic carbocycles. The summed E-state index contributed by atoms with van der Waals surface area (Å²) in [5.74, 6) is -0.964. The first-order valence-corrected chi connectivity index (χ1v) is 8.79. The zero-order chi connectivity index (χ0) is 17.2. The van der Waals surface area contributed by atoms with Gasteiger partial charge in [0.1, 0.15) is 0 Å². The Labute approximate surface area is 142 Å². The Bertz CT molecular complexity index is 596. The fourth-order valence-corrected chi connectivity index (χ4v) is 4.02. The number of fused-ring (bicyclic) bond motifs is 1. The van der Waals surface area contributed by atoms with Crippen molar-refractivity contribution in [1.82, 2.24) is 10.6 Å². The van der Waals surface area contributed by atoms with Gasteiger partial charge in [0, 0.05) is 12.6 Å². The minimum absolute atomic E-state index is 0.0714. The second-order valence-corrected chi connectivity index (χ2v) is 7.65. The van der Waals surface area contributed by atoms with Crippen molar-refractivity contribution in [1.29, 1.82) is 0 Å². The monoisotopic (exact) mass is 330 g/mol. The Hall–Kier alpha value is -2.04. The van der Waals surface area contributed by atoms with E-state index in [1.807, 2.05) is 0 Å². The molecule has 0 aromatic heterocycles. The summed E-state index contributed by atoms with van der Waals surface area (Å²) in [4.78, 5) is 23.1.